The topological polar surface area (TPSA) is 126 Å². The first kappa shape index (κ1) is 16.9. The highest BCUT2D eigenvalue weighted by Gasteiger charge is 2.44. The van der Waals surface area contributed by atoms with Gasteiger partial charge in [0, 0.05) is 6.04 Å². The minimum Gasteiger partial charge on any atom is -0.394 e. The second kappa shape index (κ2) is 6.65. The van der Waals surface area contributed by atoms with Gasteiger partial charge in [-0.15, -0.1) is 0 Å². The summed E-state index contributed by atoms with van der Waals surface area (Å²) >= 11 is 6.07. The second-order valence-electron chi connectivity index (χ2n) is 6.52. The predicted molar refractivity (Wildman–Crippen MR) is 89.2 cm³/mol. The highest BCUT2D eigenvalue weighted by atomic mass is 35.5. The smallest absolute Gasteiger partial charge is 0.226 e. The molecule has 0 amide bonds. The summed E-state index contributed by atoms with van der Waals surface area (Å²) in [6.45, 7) is -0.397. The summed E-state index contributed by atoms with van der Waals surface area (Å²) in [6.07, 6.45) is 1.77. The molecule has 4 rings (SSSR count). The number of fused-ring (bicyclic) bond motifs is 1. The molecule has 0 unspecified atom stereocenters. The molecule has 1 saturated heterocycles. The number of imidazole rings is 1. The Morgan fingerprint density at radius 3 is 2.68 bits per heavy atom. The van der Waals surface area contributed by atoms with Gasteiger partial charge < -0.3 is 25.4 Å². The maximum absolute atomic E-state index is 10.2. The van der Waals surface area contributed by atoms with Crippen LogP contribution >= 0.6 is 11.6 Å². The Labute approximate surface area is 148 Å². The number of ether oxygens (including phenoxy) is 1. The van der Waals surface area contributed by atoms with Crippen molar-refractivity contribution in [3.63, 3.8) is 0 Å². The van der Waals surface area contributed by atoms with Gasteiger partial charge in [-0.25, -0.2) is 4.98 Å². The van der Waals surface area contributed by atoms with Gasteiger partial charge in [-0.3, -0.25) is 4.57 Å². The van der Waals surface area contributed by atoms with Crippen molar-refractivity contribution in [2.45, 2.75) is 56.3 Å². The monoisotopic (exact) mass is 369 g/mol. The van der Waals surface area contributed by atoms with Crippen LogP contribution in [-0.2, 0) is 4.74 Å². The maximum Gasteiger partial charge on any atom is 0.226 e. The second-order valence-corrected chi connectivity index (χ2v) is 6.86. The van der Waals surface area contributed by atoms with E-state index < -0.39 is 31.1 Å². The van der Waals surface area contributed by atoms with Crippen LogP contribution in [0.25, 0.3) is 11.2 Å². The zero-order valence-corrected chi connectivity index (χ0v) is 14.2. The largest absolute Gasteiger partial charge is 0.394 e. The minimum absolute atomic E-state index is 0.0569. The molecule has 2 aromatic heterocycles. The molecule has 10 heteroatoms. The van der Waals surface area contributed by atoms with Crippen molar-refractivity contribution in [2.24, 2.45) is 0 Å². The molecule has 1 aliphatic carbocycles. The molecule has 1 saturated carbocycles. The number of aliphatic hydroxyl groups is 3. The highest BCUT2D eigenvalue weighted by Crippen LogP contribution is 2.33. The van der Waals surface area contributed by atoms with Gasteiger partial charge in [0.15, 0.2) is 23.2 Å². The zero-order valence-electron chi connectivity index (χ0n) is 13.4. The third-order valence-corrected chi connectivity index (χ3v) is 5.05. The summed E-state index contributed by atoms with van der Waals surface area (Å²) in [5.74, 6) is 0.549. The molecule has 4 atom stereocenters. The van der Waals surface area contributed by atoms with Crippen molar-refractivity contribution in [1.29, 1.82) is 0 Å². The molecule has 3 heterocycles. The van der Waals surface area contributed by atoms with E-state index in [0.29, 0.717) is 23.0 Å². The van der Waals surface area contributed by atoms with E-state index >= 15 is 0 Å². The summed E-state index contributed by atoms with van der Waals surface area (Å²) in [5, 5.41) is 32.9. The van der Waals surface area contributed by atoms with Gasteiger partial charge in [-0.05, 0) is 24.4 Å². The van der Waals surface area contributed by atoms with Crippen molar-refractivity contribution < 1.29 is 20.1 Å². The third kappa shape index (κ3) is 2.96. The standard InChI is InChI=1S/C15H20ClN5O4/c16-15-19-12(18-7-3-1-2-4-7)9-13(20-15)21(6-17-9)14-11(24)10(23)8(5-22)25-14/h6-8,10-11,14,22-24H,1-5H2,(H,18,19,20)/t8-,10+,11+,14-/m1/s1. The first-order valence-corrected chi connectivity index (χ1v) is 8.75. The van der Waals surface area contributed by atoms with Crippen molar-refractivity contribution in [3.05, 3.63) is 11.6 Å². The Bertz CT molecular complexity index is 766. The summed E-state index contributed by atoms with van der Waals surface area (Å²) < 4.78 is 7.06. The van der Waals surface area contributed by atoms with Crippen LogP contribution in [-0.4, -0.2) is 65.8 Å². The van der Waals surface area contributed by atoms with E-state index in [4.69, 9.17) is 16.3 Å². The van der Waals surface area contributed by atoms with E-state index in [9.17, 15) is 15.3 Å². The molecular formula is C15H20ClN5O4. The third-order valence-electron chi connectivity index (χ3n) is 4.88. The number of nitrogens with one attached hydrogen (secondary N) is 1. The lowest BCUT2D eigenvalue weighted by atomic mass is 10.1. The Morgan fingerprint density at radius 2 is 2.00 bits per heavy atom. The first-order valence-electron chi connectivity index (χ1n) is 8.37. The fourth-order valence-corrected chi connectivity index (χ4v) is 3.71. The molecule has 2 aliphatic rings. The molecule has 0 spiro atoms. The first-order chi connectivity index (χ1) is 12.1. The summed E-state index contributed by atoms with van der Waals surface area (Å²) in [5.41, 5.74) is 0.921. The maximum atomic E-state index is 10.2. The van der Waals surface area contributed by atoms with Crippen LogP contribution in [0.2, 0.25) is 5.28 Å². The molecule has 0 bridgehead atoms. The average Bonchev–Trinajstić information content (AvgIpc) is 3.29. The highest BCUT2D eigenvalue weighted by molar-refractivity contribution is 6.28. The molecule has 0 radical (unpaired) electrons. The predicted octanol–water partition coefficient (Wildman–Crippen LogP) is 0.446. The van der Waals surface area contributed by atoms with E-state index in [1.54, 1.807) is 0 Å². The van der Waals surface area contributed by atoms with Gasteiger partial charge in [-0.1, -0.05) is 12.8 Å². The molecule has 2 fully saturated rings. The van der Waals surface area contributed by atoms with E-state index in [0.717, 1.165) is 12.8 Å². The lowest BCUT2D eigenvalue weighted by molar-refractivity contribution is -0.0511. The molecule has 4 N–H and O–H groups in total. The van der Waals surface area contributed by atoms with Crippen molar-refractivity contribution in [3.8, 4) is 0 Å². The number of anilines is 1. The summed E-state index contributed by atoms with van der Waals surface area (Å²) in [6, 6.07) is 0.327. The van der Waals surface area contributed by atoms with Crippen molar-refractivity contribution >= 4 is 28.6 Å². The number of hydrogen-bond acceptors (Lipinski definition) is 8. The quantitative estimate of drug-likeness (QED) is 0.572. The van der Waals surface area contributed by atoms with Crippen LogP contribution in [0.1, 0.15) is 31.9 Å². The molecule has 0 aromatic carbocycles. The lowest BCUT2D eigenvalue weighted by Crippen LogP contribution is -2.33. The van der Waals surface area contributed by atoms with Crippen LogP contribution in [0.5, 0.6) is 0 Å². The Balaban J connectivity index is 1.70. The van der Waals surface area contributed by atoms with E-state index in [2.05, 4.69) is 20.3 Å². The van der Waals surface area contributed by atoms with Crippen LogP contribution in [0.15, 0.2) is 6.33 Å². The van der Waals surface area contributed by atoms with Crippen molar-refractivity contribution in [2.75, 3.05) is 11.9 Å². The minimum atomic E-state index is -1.21. The Morgan fingerprint density at radius 1 is 1.24 bits per heavy atom. The fraction of sp³-hybridized carbons (Fsp3) is 0.667. The van der Waals surface area contributed by atoms with Crippen LogP contribution in [0.4, 0.5) is 5.82 Å². The van der Waals surface area contributed by atoms with Crippen LogP contribution in [0, 0.1) is 0 Å². The molecule has 2 aromatic rings. The number of hydrogen-bond donors (Lipinski definition) is 4. The van der Waals surface area contributed by atoms with Gasteiger partial charge in [0.05, 0.1) is 12.9 Å². The molecule has 136 valence electrons. The number of nitrogens with zero attached hydrogens (tertiary/aromatic N) is 4. The number of aliphatic hydroxyl groups excluding tert-OH is 3. The number of halogens is 1. The van der Waals surface area contributed by atoms with Gasteiger partial charge in [0.25, 0.3) is 0 Å². The molecule has 9 nitrogen and oxygen atoms in total. The number of rotatable bonds is 4. The average molecular weight is 370 g/mol. The van der Waals surface area contributed by atoms with Crippen molar-refractivity contribution in [1.82, 2.24) is 19.5 Å². The lowest BCUT2D eigenvalue weighted by Gasteiger charge is -2.17. The molecule has 25 heavy (non-hydrogen) atoms. The summed E-state index contributed by atoms with van der Waals surface area (Å²) in [4.78, 5) is 12.8. The van der Waals surface area contributed by atoms with E-state index in [-0.39, 0.29) is 5.28 Å². The van der Waals surface area contributed by atoms with Gasteiger partial charge in [-0.2, -0.15) is 9.97 Å². The van der Waals surface area contributed by atoms with Gasteiger partial charge in [0.2, 0.25) is 5.28 Å². The fourth-order valence-electron chi connectivity index (χ4n) is 3.55. The Kier molecular flexibility index (Phi) is 4.50. The molecule has 1 aliphatic heterocycles. The normalized spacial score (nSPS) is 30.4. The van der Waals surface area contributed by atoms with Crippen LogP contribution < -0.4 is 5.32 Å². The Hall–Kier alpha value is -1.52. The van der Waals surface area contributed by atoms with E-state index in [1.165, 1.54) is 23.7 Å². The van der Waals surface area contributed by atoms with Gasteiger partial charge >= 0.3 is 0 Å². The molecular weight excluding hydrogens is 350 g/mol. The summed E-state index contributed by atoms with van der Waals surface area (Å²) in [7, 11) is 0. The van der Waals surface area contributed by atoms with Gasteiger partial charge in [0.1, 0.15) is 18.3 Å². The SMILES string of the molecule is OC[C@H]1O[C@@H](n2cnc3c(NC4CCCC4)nc(Cl)nc32)[C@@H](O)[C@H]1O. The van der Waals surface area contributed by atoms with E-state index in [1.807, 2.05) is 0 Å². The zero-order chi connectivity index (χ0) is 17.6. The van der Waals surface area contributed by atoms with Crippen LogP contribution in [0.3, 0.4) is 0 Å². The number of aromatic nitrogens is 4.